The van der Waals surface area contributed by atoms with Crippen LogP contribution in [-0.4, -0.2) is 24.8 Å². The fraction of sp³-hybridized carbons (Fsp3) is 0.192. The van der Waals surface area contributed by atoms with Crippen molar-refractivity contribution in [3.05, 3.63) is 90.0 Å². The number of rotatable bonds is 5. The van der Waals surface area contributed by atoms with Crippen LogP contribution in [0.3, 0.4) is 0 Å². The predicted octanol–water partition coefficient (Wildman–Crippen LogP) is 3.44. The highest BCUT2D eigenvalue weighted by Gasteiger charge is 2.34. The Bertz CT molecular complexity index is 1160. The number of nitrogens with one attached hydrogen (secondary N) is 2. The molecule has 0 bridgehead atoms. The van der Waals surface area contributed by atoms with Crippen molar-refractivity contribution in [1.82, 2.24) is 10.6 Å². The second-order valence-corrected chi connectivity index (χ2v) is 7.87. The van der Waals surface area contributed by atoms with Gasteiger partial charge in [-0.3, -0.25) is 14.4 Å². The summed E-state index contributed by atoms with van der Waals surface area (Å²) in [5.41, 5.74) is 4.23. The summed E-state index contributed by atoms with van der Waals surface area (Å²) in [5, 5.41) is 5.61. The normalized spacial score (nSPS) is 15.8. The Morgan fingerprint density at radius 2 is 1.50 bits per heavy atom. The molecular formula is C26H25N3O3. The van der Waals surface area contributed by atoms with E-state index >= 15 is 0 Å². The highest BCUT2D eigenvalue weighted by molar-refractivity contribution is 6.07. The van der Waals surface area contributed by atoms with Gasteiger partial charge >= 0.3 is 0 Å². The quantitative estimate of drug-likeness (QED) is 0.613. The maximum Gasteiger partial charge on any atom is 0.253 e. The molecule has 2 N–H and O–H groups in total. The van der Waals surface area contributed by atoms with Gasteiger partial charge in [0.25, 0.3) is 5.91 Å². The van der Waals surface area contributed by atoms with Gasteiger partial charge in [-0.2, -0.15) is 0 Å². The number of hydrogen-bond donors (Lipinski definition) is 2. The fourth-order valence-electron chi connectivity index (χ4n) is 3.90. The zero-order valence-electron chi connectivity index (χ0n) is 18.0. The number of likely N-dealkylation sites (N-methyl/N-ethyl adjacent to an activating group) is 1. The Balaban J connectivity index is 1.55. The minimum atomic E-state index is -0.949. The lowest BCUT2D eigenvalue weighted by Gasteiger charge is -2.24. The van der Waals surface area contributed by atoms with Gasteiger partial charge in [0.15, 0.2) is 0 Å². The van der Waals surface area contributed by atoms with E-state index in [1.165, 1.54) is 0 Å². The van der Waals surface area contributed by atoms with Gasteiger partial charge in [-0.05, 0) is 29.7 Å². The molecule has 162 valence electrons. The van der Waals surface area contributed by atoms with Crippen LogP contribution in [0.15, 0.2) is 78.9 Å². The topological polar surface area (TPSA) is 78.5 Å². The van der Waals surface area contributed by atoms with Gasteiger partial charge in [0.2, 0.25) is 11.8 Å². The average molecular weight is 428 g/mol. The Hall–Kier alpha value is -3.93. The lowest BCUT2D eigenvalue weighted by atomic mass is 9.95. The van der Waals surface area contributed by atoms with Gasteiger partial charge in [-0.15, -0.1) is 0 Å². The van der Waals surface area contributed by atoms with Crippen molar-refractivity contribution >= 4 is 23.4 Å². The second kappa shape index (κ2) is 9.06. The largest absolute Gasteiger partial charge is 0.351 e. The van der Waals surface area contributed by atoms with E-state index in [0.29, 0.717) is 12.1 Å². The van der Waals surface area contributed by atoms with E-state index in [1.54, 1.807) is 18.9 Å². The summed E-state index contributed by atoms with van der Waals surface area (Å²) in [5.74, 6) is -2.09. The van der Waals surface area contributed by atoms with E-state index in [2.05, 4.69) is 10.6 Å². The molecule has 6 nitrogen and oxygen atoms in total. The summed E-state index contributed by atoms with van der Waals surface area (Å²) < 4.78 is 0. The van der Waals surface area contributed by atoms with Crippen molar-refractivity contribution in [3.63, 3.8) is 0 Å². The molecule has 0 unspecified atom stereocenters. The van der Waals surface area contributed by atoms with Crippen molar-refractivity contribution in [2.75, 3.05) is 11.9 Å². The minimum Gasteiger partial charge on any atom is -0.351 e. The number of para-hydroxylation sites is 1. The molecule has 1 aliphatic heterocycles. The van der Waals surface area contributed by atoms with Crippen LogP contribution in [0.4, 0.5) is 5.69 Å². The van der Waals surface area contributed by atoms with Crippen molar-refractivity contribution in [3.8, 4) is 11.1 Å². The summed E-state index contributed by atoms with van der Waals surface area (Å²) in [6.45, 7) is 1.88. The van der Waals surface area contributed by atoms with Crippen LogP contribution in [0.5, 0.6) is 0 Å². The number of carbonyl (C=O) groups is 3. The molecule has 4 rings (SSSR count). The zero-order chi connectivity index (χ0) is 22.7. The minimum absolute atomic E-state index is 0.257. The number of anilines is 1. The van der Waals surface area contributed by atoms with Crippen LogP contribution >= 0.6 is 0 Å². The molecule has 2 atom stereocenters. The van der Waals surface area contributed by atoms with Gasteiger partial charge in [0.1, 0.15) is 12.0 Å². The third kappa shape index (κ3) is 4.12. The Labute approximate surface area is 187 Å². The van der Waals surface area contributed by atoms with E-state index in [9.17, 15) is 14.4 Å². The molecule has 0 spiro atoms. The smallest absolute Gasteiger partial charge is 0.253 e. The number of nitrogens with zero attached hydrogens (tertiary/aromatic N) is 1. The first-order chi connectivity index (χ1) is 15.5. The molecule has 0 saturated carbocycles. The molecule has 3 aromatic carbocycles. The molecule has 3 aromatic rings. The number of carbonyl (C=O) groups excluding carboxylic acids is 3. The molecule has 0 aromatic heterocycles. The summed E-state index contributed by atoms with van der Waals surface area (Å²) in [4.78, 5) is 40.4. The summed E-state index contributed by atoms with van der Waals surface area (Å²) in [6, 6.07) is 23.8. The van der Waals surface area contributed by atoms with Gasteiger partial charge in [-0.25, -0.2) is 0 Å². The first-order valence-electron chi connectivity index (χ1n) is 10.6. The van der Waals surface area contributed by atoms with E-state index in [0.717, 1.165) is 22.4 Å². The first-order valence-corrected chi connectivity index (χ1v) is 10.6. The zero-order valence-corrected chi connectivity index (χ0v) is 18.0. The molecule has 0 aliphatic carbocycles. The number of benzene rings is 3. The lowest BCUT2D eigenvalue weighted by molar-refractivity contribution is -0.136. The van der Waals surface area contributed by atoms with Gasteiger partial charge in [-0.1, -0.05) is 72.8 Å². The molecule has 1 aliphatic rings. The van der Waals surface area contributed by atoms with Crippen LogP contribution in [0.25, 0.3) is 11.1 Å². The van der Waals surface area contributed by atoms with E-state index < -0.39 is 23.8 Å². The maximum absolute atomic E-state index is 13.3. The third-order valence-corrected chi connectivity index (χ3v) is 5.79. The van der Waals surface area contributed by atoms with Crippen molar-refractivity contribution < 1.29 is 14.4 Å². The van der Waals surface area contributed by atoms with Gasteiger partial charge in [0, 0.05) is 19.2 Å². The molecule has 0 radical (unpaired) electrons. The van der Waals surface area contributed by atoms with Gasteiger partial charge in [0.05, 0.1) is 5.69 Å². The van der Waals surface area contributed by atoms with Crippen LogP contribution < -0.4 is 15.5 Å². The van der Waals surface area contributed by atoms with Crippen LogP contribution in [-0.2, 0) is 20.9 Å². The summed E-state index contributed by atoms with van der Waals surface area (Å²) >= 11 is 0. The molecule has 1 heterocycles. The maximum atomic E-state index is 13.3. The average Bonchev–Trinajstić information content (AvgIpc) is 2.92. The van der Waals surface area contributed by atoms with E-state index in [1.807, 2.05) is 78.9 Å². The highest BCUT2D eigenvalue weighted by Crippen LogP contribution is 2.39. The number of amides is 3. The van der Waals surface area contributed by atoms with Crippen molar-refractivity contribution in [2.24, 2.45) is 5.92 Å². The summed E-state index contributed by atoms with van der Waals surface area (Å²) in [6.07, 6.45) is 0. The second-order valence-electron chi connectivity index (χ2n) is 7.87. The fourth-order valence-corrected chi connectivity index (χ4v) is 3.90. The SMILES string of the molecule is C[C@H](C(=O)NCc1ccccc1)C(=O)N[C@H]1C(=O)N(C)c2ccccc2-c2ccccc21. The third-order valence-electron chi connectivity index (χ3n) is 5.79. The van der Waals surface area contributed by atoms with Gasteiger partial charge < -0.3 is 15.5 Å². The Morgan fingerprint density at radius 1 is 0.875 bits per heavy atom. The van der Waals surface area contributed by atoms with Crippen LogP contribution in [0.2, 0.25) is 0 Å². The van der Waals surface area contributed by atoms with Crippen LogP contribution in [0, 0.1) is 5.92 Å². The molecule has 32 heavy (non-hydrogen) atoms. The molecular weight excluding hydrogens is 402 g/mol. The van der Waals surface area contributed by atoms with E-state index in [4.69, 9.17) is 0 Å². The Morgan fingerprint density at radius 3 is 2.25 bits per heavy atom. The number of hydrogen-bond acceptors (Lipinski definition) is 3. The van der Waals surface area contributed by atoms with E-state index in [-0.39, 0.29) is 5.91 Å². The Kier molecular flexibility index (Phi) is 6.03. The first kappa shape index (κ1) is 21.3. The lowest BCUT2D eigenvalue weighted by Crippen LogP contribution is -2.45. The van der Waals surface area contributed by atoms with Crippen molar-refractivity contribution in [1.29, 1.82) is 0 Å². The highest BCUT2D eigenvalue weighted by atomic mass is 16.2. The molecule has 0 saturated heterocycles. The van der Waals surface area contributed by atoms with Crippen molar-refractivity contribution in [2.45, 2.75) is 19.5 Å². The monoisotopic (exact) mass is 427 g/mol. The standard InChI is InChI=1S/C26H25N3O3/c1-17(24(30)27-16-18-10-4-3-5-11-18)25(31)28-23-21-14-7-6-12-19(21)20-13-8-9-15-22(20)29(2)26(23)32/h3-15,17,23H,16H2,1-2H3,(H,27,30)(H,28,31)/t17-,23-/m1/s1. The predicted molar refractivity (Wildman–Crippen MR) is 124 cm³/mol. The molecule has 6 heteroatoms. The number of fused-ring (bicyclic) bond motifs is 3. The summed E-state index contributed by atoms with van der Waals surface area (Å²) in [7, 11) is 1.70. The molecule has 3 amide bonds. The van der Waals surface area contributed by atoms with Crippen LogP contribution in [0.1, 0.15) is 24.1 Å². The molecule has 0 fully saturated rings.